The summed E-state index contributed by atoms with van der Waals surface area (Å²) < 4.78 is 45.5. The molecule has 0 aliphatic heterocycles. The molecule has 0 amide bonds. The van der Waals surface area contributed by atoms with E-state index in [0.717, 1.165) is 19.2 Å². The predicted octanol–water partition coefficient (Wildman–Crippen LogP) is 2.95. The van der Waals surface area contributed by atoms with Gasteiger partial charge in [-0.05, 0) is 17.7 Å². The summed E-state index contributed by atoms with van der Waals surface area (Å²) in [6, 6.07) is 1.70. The van der Waals surface area contributed by atoms with Gasteiger partial charge < -0.3 is 9.47 Å². The fourth-order valence-corrected chi connectivity index (χ4v) is 1.41. The highest BCUT2D eigenvalue weighted by Gasteiger charge is 2.18. The van der Waals surface area contributed by atoms with Gasteiger partial charge in [-0.1, -0.05) is 0 Å². The standard InChI is InChI=1S/C10H8ClF3O3/c1-16-9(15)6-3-7(12)8(17-10(13)14)2-5(6)4-11/h2-3,10H,4H2,1H3. The molecule has 0 unspecified atom stereocenters. The Hall–Kier alpha value is -1.43. The van der Waals surface area contributed by atoms with Crippen LogP contribution < -0.4 is 4.74 Å². The number of ether oxygens (including phenoxy) is 2. The van der Waals surface area contributed by atoms with Gasteiger partial charge in [0.05, 0.1) is 12.7 Å². The van der Waals surface area contributed by atoms with Crippen LogP contribution in [0.15, 0.2) is 12.1 Å². The van der Waals surface area contributed by atoms with Crippen molar-refractivity contribution in [3.8, 4) is 5.75 Å². The second-order valence-corrected chi connectivity index (χ2v) is 3.21. The van der Waals surface area contributed by atoms with Crippen molar-refractivity contribution in [2.45, 2.75) is 12.5 Å². The van der Waals surface area contributed by atoms with Gasteiger partial charge in [-0.3, -0.25) is 0 Å². The third-order valence-corrected chi connectivity index (χ3v) is 2.21. The van der Waals surface area contributed by atoms with Crippen LogP contribution in [0.4, 0.5) is 13.2 Å². The van der Waals surface area contributed by atoms with Crippen molar-refractivity contribution < 1.29 is 27.4 Å². The largest absolute Gasteiger partial charge is 0.465 e. The SMILES string of the molecule is COC(=O)c1cc(F)c(OC(F)F)cc1CCl. The Morgan fingerprint density at radius 1 is 1.47 bits per heavy atom. The van der Waals surface area contributed by atoms with Crippen LogP contribution in [0, 0.1) is 5.82 Å². The maximum absolute atomic E-state index is 13.3. The third kappa shape index (κ3) is 3.26. The lowest BCUT2D eigenvalue weighted by Gasteiger charge is -2.10. The fraction of sp³-hybridized carbons (Fsp3) is 0.300. The molecule has 0 heterocycles. The molecule has 1 aromatic carbocycles. The number of halogens is 4. The van der Waals surface area contributed by atoms with E-state index in [1.54, 1.807) is 0 Å². The Morgan fingerprint density at radius 2 is 2.12 bits per heavy atom. The van der Waals surface area contributed by atoms with Crippen molar-refractivity contribution in [1.82, 2.24) is 0 Å². The molecule has 0 saturated carbocycles. The molecule has 1 rings (SSSR count). The van der Waals surface area contributed by atoms with Gasteiger partial charge in [0.25, 0.3) is 0 Å². The molecule has 0 bridgehead atoms. The van der Waals surface area contributed by atoms with Gasteiger partial charge in [0.2, 0.25) is 0 Å². The lowest BCUT2D eigenvalue weighted by atomic mass is 10.1. The van der Waals surface area contributed by atoms with Crippen molar-refractivity contribution in [3.63, 3.8) is 0 Å². The first-order valence-electron chi connectivity index (χ1n) is 4.41. The molecule has 7 heteroatoms. The Kier molecular flexibility index (Phi) is 4.62. The number of hydrogen-bond acceptors (Lipinski definition) is 3. The van der Waals surface area contributed by atoms with Crippen LogP contribution in [0.2, 0.25) is 0 Å². The summed E-state index contributed by atoms with van der Waals surface area (Å²) in [6.45, 7) is -3.16. The normalized spacial score (nSPS) is 10.5. The monoisotopic (exact) mass is 268 g/mol. The van der Waals surface area contributed by atoms with E-state index in [4.69, 9.17) is 11.6 Å². The summed E-state index contributed by atoms with van der Waals surface area (Å²) in [7, 11) is 1.11. The lowest BCUT2D eigenvalue weighted by Crippen LogP contribution is -2.09. The van der Waals surface area contributed by atoms with Gasteiger partial charge in [-0.15, -0.1) is 11.6 Å². The average Bonchev–Trinajstić information content (AvgIpc) is 2.29. The summed E-state index contributed by atoms with van der Waals surface area (Å²) in [5.41, 5.74) is 0.0252. The van der Waals surface area contributed by atoms with Crippen molar-refractivity contribution in [2.24, 2.45) is 0 Å². The van der Waals surface area contributed by atoms with Gasteiger partial charge in [-0.25, -0.2) is 9.18 Å². The number of esters is 1. The zero-order valence-electron chi connectivity index (χ0n) is 8.68. The molecular weight excluding hydrogens is 261 g/mol. The maximum atomic E-state index is 13.3. The molecule has 0 fully saturated rings. The third-order valence-electron chi connectivity index (χ3n) is 1.92. The zero-order valence-corrected chi connectivity index (χ0v) is 9.43. The van der Waals surface area contributed by atoms with Crippen LogP contribution in [-0.2, 0) is 10.6 Å². The number of rotatable bonds is 4. The van der Waals surface area contributed by atoms with Gasteiger partial charge in [0.15, 0.2) is 11.6 Å². The zero-order chi connectivity index (χ0) is 13.0. The second-order valence-electron chi connectivity index (χ2n) is 2.94. The molecule has 3 nitrogen and oxygen atoms in total. The minimum Gasteiger partial charge on any atom is -0.465 e. The molecule has 0 radical (unpaired) electrons. The first-order chi connectivity index (χ1) is 7.99. The van der Waals surface area contributed by atoms with Crippen LogP contribution in [0.3, 0.4) is 0 Å². The minimum absolute atomic E-state index is 0.124. The number of methoxy groups -OCH3 is 1. The van der Waals surface area contributed by atoms with E-state index in [2.05, 4.69) is 9.47 Å². The number of carbonyl (C=O) groups excluding carboxylic acids is 1. The molecule has 0 aliphatic rings. The van der Waals surface area contributed by atoms with Crippen molar-refractivity contribution in [1.29, 1.82) is 0 Å². The van der Waals surface area contributed by atoms with Gasteiger partial charge in [0.1, 0.15) is 0 Å². The van der Waals surface area contributed by atoms with Crippen molar-refractivity contribution in [2.75, 3.05) is 7.11 Å². The maximum Gasteiger partial charge on any atom is 0.387 e. The van der Waals surface area contributed by atoms with Crippen molar-refractivity contribution in [3.05, 3.63) is 29.1 Å². The molecule has 0 aliphatic carbocycles. The Balaban J connectivity index is 3.19. The summed E-state index contributed by atoms with van der Waals surface area (Å²) in [5.74, 6) is -2.71. The van der Waals surface area contributed by atoms with Crippen LogP contribution in [-0.4, -0.2) is 19.7 Å². The number of alkyl halides is 3. The van der Waals surface area contributed by atoms with Gasteiger partial charge in [0, 0.05) is 5.88 Å². The first kappa shape index (κ1) is 13.6. The van der Waals surface area contributed by atoms with E-state index in [-0.39, 0.29) is 17.0 Å². The topological polar surface area (TPSA) is 35.5 Å². The van der Waals surface area contributed by atoms with E-state index in [9.17, 15) is 18.0 Å². The van der Waals surface area contributed by atoms with E-state index in [1.807, 2.05) is 0 Å². The van der Waals surface area contributed by atoms with E-state index in [1.165, 1.54) is 0 Å². The quantitative estimate of drug-likeness (QED) is 0.622. The minimum atomic E-state index is -3.16. The molecule has 0 atom stereocenters. The fourth-order valence-electron chi connectivity index (χ4n) is 1.19. The molecule has 0 spiro atoms. The molecular formula is C10H8ClF3O3. The predicted molar refractivity (Wildman–Crippen MR) is 53.9 cm³/mol. The van der Waals surface area contributed by atoms with E-state index in [0.29, 0.717) is 0 Å². The second kappa shape index (κ2) is 5.77. The first-order valence-corrected chi connectivity index (χ1v) is 4.94. The van der Waals surface area contributed by atoms with Gasteiger partial charge in [-0.2, -0.15) is 8.78 Å². The summed E-state index contributed by atoms with van der Waals surface area (Å²) in [5, 5.41) is 0. The molecule has 0 saturated heterocycles. The summed E-state index contributed by atoms with van der Waals surface area (Å²) in [4.78, 5) is 11.2. The Morgan fingerprint density at radius 3 is 2.59 bits per heavy atom. The van der Waals surface area contributed by atoms with E-state index >= 15 is 0 Å². The molecule has 0 aromatic heterocycles. The highest BCUT2D eigenvalue weighted by Crippen LogP contribution is 2.25. The number of hydrogen-bond donors (Lipinski definition) is 0. The van der Waals surface area contributed by atoms with Crippen LogP contribution in [0.25, 0.3) is 0 Å². The molecule has 17 heavy (non-hydrogen) atoms. The summed E-state index contributed by atoms with van der Waals surface area (Å²) in [6.07, 6.45) is 0. The van der Waals surface area contributed by atoms with Crippen LogP contribution >= 0.6 is 11.6 Å². The number of carbonyl (C=O) groups is 1. The summed E-state index contributed by atoms with van der Waals surface area (Å²) >= 11 is 5.52. The van der Waals surface area contributed by atoms with Crippen molar-refractivity contribution >= 4 is 17.6 Å². The molecule has 0 N–H and O–H groups in total. The lowest BCUT2D eigenvalue weighted by molar-refractivity contribution is -0.0522. The molecule has 1 aromatic rings. The van der Waals surface area contributed by atoms with E-state index < -0.39 is 24.1 Å². The average molecular weight is 269 g/mol. The van der Waals surface area contributed by atoms with Crippen LogP contribution in [0.5, 0.6) is 5.75 Å². The highest BCUT2D eigenvalue weighted by atomic mass is 35.5. The molecule has 94 valence electrons. The Bertz CT molecular complexity index is 424. The number of benzene rings is 1. The highest BCUT2D eigenvalue weighted by molar-refractivity contribution is 6.17. The van der Waals surface area contributed by atoms with Crippen LogP contribution in [0.1, 0.15) is 15.9 Å². The Labute approximate surface area is 100 Å². The smallest absolute Gasteiger partial charge is 0.387 e. The van der Waals surface area contributed by atoms with Gasteiger partial charge >= 0.3 is 12.6 Å².